The van der Waals surface area contributed by atoms with Crippen LogP contribution in [0, 0.1) is 28.6 Å². The molecule has 0 radical (unpaired) electrons. The van der Waals surface area contributed by atoms with E-state index in [0.29, 0.717) is 30.1 Å². The van der Waals surface area contributed by atoms with Crippen LogP contribution >= 0.6 is 0 Å². The van der Waals surface area contributed by atoms with Crippen molar-refractivity contribution < 1.29 is 14.3 Å². The molecule has 0 aromatic rings. The first-order valence-corrected chi connectivity index (χ1v) is 9.83. The molecule has 0 N–H and O–H groups in total. The standard InChI is InChI=1S/C21H30O3/c1-14(22)24-13-21-11-4-3-5-15(21)6-7-16-17-8-9-19(23)20(17,2)12-10-18(16)21/h6,16-18H,3-5,7-13H2,1-2H3/t16-,17-,18+,20-,21+/m0/s1. The summed E-state index contributed by atoms with van der Waals surface area (Å²) in [5, 5.41) is 0. The number of esters is 1. The van der Waals surface area contributed by atoms with Crippen LogP contribution in [0.5, 0.6) is 0 Å². The van der Waals surface area contributed by atoms with Crippen molar-refractivity contribution >= 4 is 11.8 Å². The lowest BCUT2D eigenvalue weighted by molar-refractivity contribution is -0.149. The molecule has 4 rings (SSSR count). The molecular weight excluding hydrogens is 300 g/mol. The van der Waals surface area contributed by atoms with Crippen molar-refractivity contribution in [2.75, 3.05) is 6.61 Å². The monoisotopic (exact) mass is 330 g/mol. The van der Waals surface area contributed by atoms with Crippen molar-refractivity contribution in [2.24, 2.45) is 28.6 Å². The smallest absolute Gasteiger partial charge is 0.302 e. The molecule has 0 spiro atoms. The lowest BCUT2D eigenvalue weighted by Crippen LogP contribution is -2.52. The Morgan fingerprint density at radius 2 is 2.04 bits per heavy atom. The van der Waals surface area contributed by atoms with E-state index in [9.17, 15) is 9.59 Å². The minimum absolute atomic E-state index is 0.0693. The van der Waals surface area contributed by atoms with Gasteiger partial charge >= 0.3 is 5.97 Å². The van der Waals surface area contributed by atoms with Gasteiger partial charge in [-0.15, -0.1) is 0 Å². The highest BCUT2D eigenvalue weighted by molar-refractivity contribution is 5.87. The number of carbonyl (C=O) groups is 2. The number of ether oxygens (including phenoxy) is 1. The third-order valence-corrected chi connectivity index (χ3v) is 7.98. The summed E-state index contributed by atoms with van der Waals surface area (Å²) in [7, 11) is 0. The largest absolute Gasteiger partial charge is 0.465 e. The zero-order valence-electron chi connectivity index (χ0n) is 15.1. The number of hydrogen-bond donors (Lipinski definition) is 0. The number of hydrogen-bond acceptors (Lipinski definition) is 3. The summed E-state index contributed by atoms with van der Waals surface area (Å²) < 4.78 is 5.60. The van der Waals surface area contributed by atoms with Gasteiger partial charge in [0.05, 0.1) is 0 Å². The third-order valence-electron chi connectivity index (χ3n) is 7.98. The van der Waals surface area contributed by atoms with Gasteiger partial charge < -0.3 is 4.74 Å². The molecule has 3 nitrogen and oxygen atoms in total. The van der Waals surface area contributed by atoms with Crippen molar-refractivity contribution in [1.29, 1.82) is 0 Å². The molecule has 0 aliphatic heterocycles. The van der Waals surface area contributed by atoms with Gasteiger partial charge in [0, 0.05) is 24.2 Å². The molecule has 4 aliphatic carbocycles. The molecular formula is C21H30O3. The maximum atomic E-state index is 12.5. The van der Waals surface area contributed by atoms with Gasteiger partial charge in [0.1, 0.15) is 12.4 Å². The Kier molecular flexibility index (Phi) is 3.89. The zero-order chi connectivity index (χ0) is 16.9. The quantitative estimate of drug-likeness (QED) is 0.555. The predicted molar refractivity (Wildman–Crippen MR) is 92.3 cm³/mol. The maximum absolute atomic E-state index is 12.5. The van der Waals surface area contributed by atoms with Gasteiger partial charge in [0.25, 0.3) is 0 Å². The van der Waals surface area contributed by atoms with Gasteiger partial charge in [0.2, 0.25) is 0 Å². The van der Waals surface area contributed by atoms with Crippen LogP contribution in [0.3, 0.4) is 0 Å². The van der Waals surface area contributed by atoms with E-state index in [-0.39, 0.29) is 16.8 Å². The van der Waals surface area contributed by atoms with E-state index in [0.717, 1.165) is 38.5 Å². The Bertz CT molecular complexity index is 592. The summed E-state index contributed by atoms with van der Waals surface area (Å²) in [6.07, 6.45) is 12.5. The van der Waals surface area contributed by atoms with Gasteiger partial charge in [-0.05, 0) is 62.7 Å². The molecule has 3 heteroatoms. The highest BCUT2D eigenvalue weighted by Gasteiger charge is 2.59. The number of allylic oxidation sites excluding steroid dienone is 1. The van der Waals surface area contributed by atoms with Crippen LogP contribution in [0.1, 0.15) is 71.6 Å². The number of Topliss-reactive ketones (excluding diaryl/α,β-unsaturated/α-hetero) is 1. The van der Waals surface area contributed by atoms with Crippen molar-refractivity contribution in [3.8, 4) is 0 Å². The molecule has 0 saturated heterocycles. The molecule has 4 aliphatic rings. The van der Waals surface area contributed by atoms with Gasteiger partial charge in [-0.25, -0.2) is 0 Å². The second-order valence-electron chi connectivity index (χ2n) is 8.90. The molecule has 3 saturated carbocycles. The van der Waals surface area contributed by atoms with E-state index in [1.54, 1.807) is 5.57 Å². The first-order valence-electron chi connectivity index (χ1n) is 9.83. The molecule has 5 atom stereocenters. The SMILES string of the molecule is CC(=O)OC[C@]12CCCCC1=CC[C@@H]1[C@H]2CC[C@]2(C)C(=O)CC[C@@H]12. The van der Waals surface area contributed by atoms with Crippen LogP contribution in [0.25, 0.3) is 0 Å². The third kappa shape index (κ3) is 2.23. The summed E-state index contributed by atoms with van der Waals surface area (Å²) in [5.74, 6) is 2.08. The summed E-state index contributed by atoms with van der Waals surface area (Å²) in [6.45, 7) is 4.31. The first-order chi connectivity index (χ1) is 11.5. The van der Waals surface area contributed by atoms with Crippen molar-refractivity contribution in [3.63, 3.8) is 0 Å². The van der Waals surface area contributed by atoms with Crippen LogP contribution in [-0.2, 0) is 14.3 Å². The Morgan fingerprint density at radius 3 is 2.83 bits per heavy atom. The fourth-order valence-corrected chi connectivity index (χ4v) is 6.75. The van der Waals surface area contributed by atoms with Gasteiger partial charge in [0.15, 0.2) is 0 Å². The Morgan fingerprint density at radius 1 is 1.21 bits per heavy atom. The van der Waals surface area contributed by atoms with Crippen LogP contribution in [0.15, 0.2) is 11.6 Å². The molecule has 0 unspecified atom stereocenters. The van der Waals surface area contributed by atoms with E-state index < -0.39 is 0 Å². The molecule has 132 valence electrons. The second kappa shape index (κ2) is 5.71. The average molecular weight is 330 g/mol. The Balaban J connectivity index is 1.69. The fourth-order valence-electron chi connectivity index (χ4n) is 6.75. The highest BCUT2D eigenvalue weighted by Crippen LogP contribution is 2.64. The van der Waals surface area contributed by atoms with Crippen molar-refractivity contribution in [2.45, 2.75) is 71.6 Å². The highest BCUT2D eigenvalue weighted by atomic mass is 16.5. The fraction of sp³-hybridized carbons (Fsp3) is 0.810. The molecule has 24 heavy (non-hydrogen) atoms. The van der Waals surface area contributed by atoms with Crippen molar-refractivity contribution in [1.82, 2.24) is 0 Å². The van der Waals surface area contributed by atoms with Gasteiger partial charge in [-0.3, -0.25) is 9.59 Å². The van der Waals surface area contributed by atoms with Crippen LogP contribution < -0.4 is 0 Å². The zero-order valence-corrected chi connectivity index (χ0v) is 15.1. The minimum Gasteiger partial charge on any atom is -0.465 e. The minimum atomic E-state index is -0.159. The van der Waals surface area contributed by atoms with E-state index in [1.165, 1.54) is 26.2 Å². The second-order valence-corrected chi connectivity index (χ2v) is 8.90. The van der Waals surface area contributed by atoms with Gasteiger partial charge in [-0.2, -0.15) is 0 Å². The lowest BCUT2D eigenvalue weighted by atomic mass is 9.48. The number of ketones is 1. The summed E-state index contributed by atoms with van der Waals surface area (Å²) in [4.78, 5) is 24.0. The summed E-state index contributed by atoms with van der Waals surface area (Å²) in [6, 6.07) is 0. The Hall–Kier alpha value is -1.12. The van der Waals surface area contributed by atoms with E-state index >= 15 is 0 Å². The predicted octanol–water partition coefficient (Wildman–Crippen LogP) is 4.45. The molecule has 0 heterocycles. The first kappa shape index (κ1) is 16.4. The molecule has 0 aromatic heterocycles. The van der Waals surface area contributed by atoms with E-state index in [4.69, 9.17) is 4.74 Å². The number of carbonyl (C=O) groups excluding carboxylic acids is 2. The lowest BCUT2D eigenvalue weighted by Gasteiger charge is -2.57. The molecule has 0 aromatic carbocycles. The van der Waals surface area contributed by atoms with Crippen molar-refractivity contribution in [3.05, 3.63) is 11.6 Å². The molecule has 3 fully saturated rings. The van der Waals surface area contributed by atoms with Crippen LogP contribution in [-0.4, -0.2) is 18.4 Å². The molecule has 0 amide bonds. The Labute approximate surface area is 145 Å². The molecule has 0 bridgehead atoms. The number of fused-ring (bicyclic) bond motifs is 5. The topological polar surface area (TPSA) is 43.4 Å². The average Bonchev–Trinajstić information content (AvgIpc) is 2.88. The van der Waals surface area contributed by atoms with Gasteiger partial charge in [-0.1, -0.05) is 25.0 Å². The van der Waals surface area contributed by atoms with Crippen LogP contribution in [0.4, 0.5) is 0 Å². The van der Waals surface area contributed by atoms with E-state index in [2.05, 4.69) is 13.0 Å². The van der Waals surface area contributed by atoms with Crippen LogP contribution in [0.2, 0.25) is 0 Å². The summed E-state index contributed by atoms with van der Waals surface area (Å²) in [5.41, 5.74) is 1.55. The normalized spacial score (nSPS) is 44.2. The maximum Gasteiger partial charge on any atom is 0.302 e. The van der Waals surface area contributed by atoms with E-state index in [1.807, 2.05) is 0 Å². The number of rotatable bonds is 2. The summed E-state index contributed by atoms with van der Waals surface area (Å²) >= 11 is 0.